The molecule has 0 N–H and O–H groups in total. The number of ketones is 1. The highest BCUT2D eigenvalue weighted by atomic mass is 16.1. The third-order valence-corrected chi connectivity index (χ3v) is 4.62. The number of hydrogen-bond donors (Lipinski definition) is 0. The van der Waals surface area contributed by atoms with Crippen LogP contribution in [-0.4, -0.2) is 5.78 Å². The van der Waals surface area contributed by atoms with Gasteiger partial charge in [-0.25, -0.2) is 0 Å². The van der Waals surface area contributed by atoms with E-state index in [9.17, 15) is 4.79 Å². The van der Waals surface area contributed by atoms with E-state index in [0.29, 0.717) is 29.5 Å². The van der Waals surface area contributed by atoms with Gasteiger partial charge in [0.1, 0.15) is 5.78 Å². The third kappa shape index (κ3) is 0.551. The van der Waals surface area contributed by atoms with Crippen LogP contribution >= 0.6 is 0 Å². The van der Waals surface area contributed by atoms with Gasteiger partial charge in [0, 0.05) is 11.8 Å². The van der Waals surface area contributed by atoms with E-state index in [0.717, 1.165) is 11.8 Å². The van der Waals surface area contributed by atoms with Crippen LogP contribution in [0.15, 0.2) is 24.3 Å². The van der Waals surface area contributed by atoms with Crippen LogP contribution in [0.2, 0.25) is 0 Å². The monoisotopic (exact) mass is 172 g/mol. The largest absolute Gasteiger partial charge is 0.298 e. The summed E-state index contributed by atoms with van der Waals surface area (Å²) >= 11 is 0. The Bertz CT molecular complexity index is 352. The normalized spacial score (nSPS) is 59.5. The van der Waals surface area contributed by atoms with E-state index in [1.165, 1.54) is 6.42 Å². The van der Waals surface area contributed by atoms with Gasteiger partial charge in [0.15, 0.2) is 0 Å². The first-order valence-corrected chi connectivity index (χ1v) is 5.26. The van der Waals surface area contributed by atoms with Crippen molar-refractivity contribution < 1.29 is 4.79 Å². The second-order valence-corrected chi connectivity index (χ2v) is 4.94. The van der Waals surface area contributed by atoms with Crippen LogP contribution in [0.4, 0.5) is 0 Å². The summed E-state index contributed by atoms with van der Waals surface area (Å²) in [6.07, 6.45) is 10.3. The van der Waals surface area contributed by atoms with Crippen molar-refractivity contribution in [3.8, 4) is 0 Å². The summed E-state index contributed by atoms with van der Waals surface area (Å²) in [5, 5.41) is 0. The average molecular weight is 172 g/mol. The van der Waals surface area contributed by atoms with Crippen molar-refractivity contribution >= 4 is 5.78 Å². The van der Waals surface area contributed by atoms with Gasteiger partial charge in [-0.1, -0.05) is 24.3 Å². The predicted octanol–water partition coefficient (Wildman–Crippen LogP) is 1.81. The summed E-state index contributed by atoms with van der Waals surface area (Å²) in [6, 6.07) is 0. The molecule has 4 aliphatic carbocycles. The Hall–Kier alpha value is -0.850. The van der Waals surface area contributed by atoms with Crippen molar-refractivity contribution in [1.29, 1.82) is 0 Å². The highest BCUT2D eigenvalue weighted by Crippen LogP contribution is 2.61. The zero-order chi connectivity index (χ0) is 8.58. The zero-order valence-corrected chi connectivity index (χ0v) is 7.39. The van der Waals surface area contributed by atoms with Crippen LogP contribution in [0.25, 0.3) is 0 Å². The maximum Gasteiger partial charge on any atom is 0.147 e. The zero-order valence-electron chi connectivity index (χ0n) is 7.39. The minimum absolute atomic E-state index is 0.301. The minimum Gasteiger partial charge on any atom is -0.298 e. The van der Waals surface area contributed by atoms with Gasteiger partial charge >= 0.3 is 0 Å². The number of fused-ring (bicyclic) bond motifs is 7. The van der Waals surface area contributed by atoms with Gasteiger partial charge in [0.05, 0.1) is 0 Å². The van der Waals surface area contributed by atoms with Gasteiger partial charge in [-0.15, -0.1) is 0 Å². The molecular weight excluding hydrogens is 160 g/mol. The standard InChI is InChI=1S/C12H12O/c13-12-8-3-4-9(12)11-7-2-1-6(7)5-10(8)11/h1-4,6-11H,5H2/t6-,7-,8-,9+,10+,11-/m1/s1. The number of allylic oxidation sites excluding steroid dienone is 4. The van der Waals surface area contributed by atoms with E-state index in [2.05, 4.69) is 24.3 Å². The summed E-state index contributed by atoms with van der Waals surface area (Å²) in [7, 11) is 0. The first-order valence-electron chi connectivity index (χ1n) is 5.26. The van der Waals surface area contributed by atoms with Gasteiger partial charge in [-0.2, -0.15) is 0 Å². The molecule has 2 saturated carbocycles. The Morgan fingerprint density at radius 3 is 2.69 bits per heavy atom. The molecule has 0 heterocycles. The van der Waals surface area contributed by atoms with E-state index in [4.69, 9.17) is 0 Å². The highest BCUT2D eigenvalue weighted by molar-refractivity contribution is 5.92. The SMILES string of the molecule is O=C1[C@H]2C=C[C@@H]1[C@@H]1C[C@H]3C=C[C@H]3[C@@H]12. The molecule has 13 heavy (non-hydrogen) atoms. The van der Waals surface area contributed by atoms with Gasteiger partial charge in [0.25, 0.3) is 0 Å². The van der Waals surface area contributed by atoms with Crippen molar-refractivity contribution in [3.05, 3.63) is 24.3 Å². The maximum absolute atomic E-state index is 11.8. The predicted molar refractivity (Wildman–Crippen MR) is 48.8 cm³/mol. The molecular formula is C12H12O. The second kappa shape index (κ2) is 1.82. The molecule has 0 radical (unpaired) electrons. The van der Waals surface area contributed by atoms with Crippen LogP contribution in [0.5, 0.6) is 0 Å². The van der Waals surface area contributed by atoms with E-state index >= 15 is 0 Å². The molecule has 66 valence electrons. The molecule has 2 fully saturated rings. The fourth-order valence-corrected chi connectivity index (χ4v) is 4.02. The lowest BCUT2D eigenvalue weighted by Crippen LogP contribution is -2.24. The number of Topliss-reactive ketones (excluding diaryl/α,β-unsaturated/α-hetero) is 1. The molecule has 0 aromatic rings. The van der Waals surface area contributed by atoms with Crippen LogP contribution in [0.3, 0.4) is 0 Å². The molecule has 0 spiro atoms. The van der Waals surface area contributed by atoms with E-state index in [1.54, 1.807) is 0 Å². The van der Waals surface area contributed by atoms with E-state index in [1.807, 2.05) is 0 Å². The fraction of sp³-hybridized carbons (Fsp3) is 0.583. The molecule has 4 aliphatic rings. The lowest BCUT2D eigenvalue weighted by atomic mass is 9.75. The quantitative estimate of drug-likeness (QED) is 0.509. The molecule has 4 rings (SSSR count). The third-order valence-electron chi connectivity index (χ3n) is 4.62. The van der Waals surface area contributed by atoms with Crippen molar-refractivity contribution in [2.45, 2.75) is 6.42 Å². The van der Waals surface area contributed by atoms with Crippen LogP contribution in [0, 0.1) is 35.5 Å². The molecule has 0 aromatic carbocycles. The molecule has 0 aromatic heterocycles. The van der Waals surface area contributed by atoms with Crippen LogP contribution in [-0.2, 0) is 4.79 Å². The Kier molecular flexibility index (Phi) is 0.919. The molecule has 6 atom stereocenters. The molecule has 0 amide bonds. The summed E-state index contributed by atoms with van der Waals surface area (Å²) in [4.78, 5) is 11.8. The van der Waals surface area contributed by atoms with Crippen molar-refractivity contribution in [2.75, 3.05) is 0 Å². The highest BCUT2D eigenvalue weighted by Gasteiger charge is 2.59. The van der Waals surface area contributed by atoms with Crippen molar-refractivity contribution in [3.63, 3.8) is 0 Å². The molecule has 1 heteroatoms. The summed E-state index contributed by atoms with van der Waals surface area (Å²) < 4.78 is 0. The first kappa shape index (κ1) is 6.58. The van der Waals surface area contributed by atoms with Gasteiger partial charge < -0.3 is 0 Å². The lowest BCUT2D eigenvalue weighted by molar-refractivity contribution is -0.121. The molecule has 0 saturated heterocycles. The van der Waals surface area contributed by atoms with E-state index < -0.39 is 0 Å². The minimum atomic E-state index is 0.301. The van der Waals surface area contributed by atoms with Crippen molar-refractivity contribution in [1.82, 2.24) is 0 Å². The molecule has 1 nitrogen and oxygen atoms in total. The molecule has 0 aliphatic heterocycles. The summed E-state index contributed by atoms with van der Waals surface area (Å²) in [5.74, 6) is 4.11. The second-order valence-electron chi connectivity index (χ2n) is 4.94. The van der Waals surface area contributed by atoms with Gasteiger partial charge in [-0.3, -0.25) is 4.79 Å². The molecule has 0 unspecified atom stereocenters. The maximum atomic E-state index is 11.8. The summed E-state index contributed by atoms with van der Waals surface area (Å²) in [6.45, 7) is 0. The smallest absolute Gasteiger partial charge is 0.147 e. The van der Waals surface area contributed by atoms with Crippen LogP contribution in [0.1, 0.15) is 6.42 Å². The number of rotatable bonds is 0. The average Bonchev–Trinajstić information content (AvgIpc) is 2.63. The summed E-state index contributed by atoms with van der Waals surface area (Å²) in [5.41, 5.74) is 0. The number of carbonyl (C=O) groups excluding carboxylic acids is 1. The Labute approximate surface area is 77.5 Å². The Morgan fingerprint density at radius 2 is 1.92 bits per heavy atom. The number of hydrogen-bond acceptors (Lipinski definition) is 1. The lowest BCUT2D eigenvalue weighted by Gasteiger charge is -2.28. The van der Waals surface area contributed by atoms with Gasteiger partial charge in [0.2, 0.25) is 0 Å². The van der Waals surface area contributed by atoms with Crippen molar-refractivity contribution in [2.24, 2.45) is 35.5 Å². The fourth-order valence-electron chi connectivity index (χ4n) is 4.02. The topological polar surface area (TPSA) is 17.1 Å². The Balaban J connectivity index is 1.83. The Morgan fingerprint density at radius 1 is 1.08 bits per heavy atom. The van der Waals surface area contributed by atoms with Crippen LogP contribution < -0.4 is 0 Å². The first-order chi connectivity index (χ1) is 6.36. The molecule has 2 bridgehead atoms. The van der Waals surface area contributed by atoms with Gasteiger partial charge in [-0.05, 0) is 30.1 Å². The van der Waals surface area contributed by atoms with E-state index in [-0.39, 0.29) is 0 Å². The number of carbonyl (C=O) groups is 1.